The van der Waals surface area contributed by atoms with Crippen molar-refractivity contribution in [2.45, 2.75) is 12.8 Å². The van der Waals surface area contributed by atoms with E-state index in [9.17, 15) is 13.6 Å². The van der Waals surface area contributed by atoms with Gasteiger partial charge < -0.3 is 9.47 Å². The topological polar surface area (TPSA) is 35.5 Å². The molecule has 0 bridgehead atoms. The number of ether oxygens (including phenoxy) is 2. The van der Waals surface area contributed by atoms with Gasteiger partial charge in [-0.2, -0.15) is 8.78 Å². The lowest BCUT2D eigenvalue weighted by molar-refractivity contribution is -0.170. The fourth-order valence-electron chi connectivity index (χ4n) is 1.41. The summed E-state index contributed by atoms with van der Waals surface area (Å²) in [7, 11) is 2.19. The van der Waals surface area contributed by atoms with Gasteiger partial charge in [-0.15, -0.1) is 0 Å². The van der Waals surface area contributed by atoms with Crippen molar-refractivity contribution in [3.8, 4) is 5.75 Å². The second-order valence-corrected chi connectivity index (χ2v) is 3.22. The highest BCUT2D eigenvalue weighted by Gasteiger charge is 2.44. The first-order valence-electron chi connectivity index (χ1n) is 4.55. The SMILES string of the molecule is COC(=O)C(F)(F)c1cccc(C)c1OC. The number of esters is 1. The maximum atomic E-state index is 13.6. The van der Waals surface area contributed by atoms with E-state index in [1.54, 1.807) is 13.0 Å². The molecular weight excluding hydrogens is 218 g/mol. The second-order valence-electron chi connectivity index (χ2n) is 3.22. The van der Waals surface area contributed by atoms with E-state index in [-0.39, 0.29) is 5.75 Å². The van der Waals surface area contributed by atoms with Crippen molar-refractivity contribution in [2.75, 3.05) is 14.2 Å². The van der Waals surface area contributed by atoms with E-state index in [1.165, 1.54) is 13.2 Å². The van der Waals surface area contributed by atoms with Crippen molar-refractivity contribution < 1.29 is 23.0 Å². The molecule has 3 nitrogen and oxygen atoms in total. The molecule has 0 atom stereocenters. The van der Waals surface area contributed by atoms with Crippen LogP contribution in [0.2, 0.25) is 0 Å². The van der Waals surface area contributed by atoms with Crippen LogP contribution in [0.1, 0.15) is 11.1 Å². The van der Waals surface area contributed by atoms with Crippen molar-refractivity contribution in [1.29, 1.82) is 0 Å². The molecule has 0 saturated heterocycles. The molecular formula is C11H12F2O3. The molecule has 0 spiro atoms. The molecule has 0 aliphatic carbocycles. The average Bonchev–Trinajstić information content (AvgIpc) is 2.27. The van der Waals surface area contributed by atoms with Crippen LogP contribution in [-0.4, -0.2) is 20.2 Å². The average molecular weight is 230 g/mol. The van der Waals surface area contributed by atoms with Crippen LogP contribution in [0, 0.1) is 6.92 Å². The van der Waals surface area contributed by atoms with Crippen LogP contribution in [0.25, 0.3) is 0 Å². The van der Waals surface area contributed by atoms with Crippen LogP contribution in [0.3, 0.4) is 0 Å². The Bertz CT molecular complexity index is 402. The number of halogens is 2. The number of hydrogen-bond donors (Lipinski definition) is 0. The highest BCUT2D eigenvalue weighted by Crippen LogP contribution is 2.37. The number of alkyl halides is 2. The van der Waals surface area contributed by atoms with Crippen molar-refractivity contribution in [3.63, 3.8) is 0 Å². The summed E-state index contributed by atoms with van der Waals surface area (Å²) in [5, 5.41) is 0. The monoisotopic (exact) mass is 230 g/mol. The number of carbonyl (C=O) groups excluding carboxylic acids is 1. The normalized spacial score (nSPS) is 11.1. The van der Waals surface area contributed by atoms with E-state index in [4.69, 9.17) is 4.74 Å². The molecule has 0 amide bonds. The predicted molar refractivity (Wildman–Crippen MR) is 53.6 cm³/mol. The largest absolute Gasteiger partial charge is 0.496 e. The van der Waals surface area contributed by atoms with Crippen LogP contribution in [0.5, 0.6) is 5.75 Å². The Kier molecular flexibility index (Phi) is 3.47. The zero-order valence-corrected chi connectivity index (χ0v) is 9.21. The summed E-state index contributed by atoms with van der Waals surface area (Å²) in [5.41, 5.74) is 0.0467. The van der Waals surface area contributed by atoms with Crippen LogP contribution in [0.4, 0.5) is 8.78 Å². The summed E-state index contributed by atoms with van der Waals surface area (Å²) in [6, 6.07) is 4.20. The van der Waals surface area contributed by atoms with Crippen LogP contribution in [-0.2, 0) is 15.5 Å². The molecule has 0 fully saturated rings. The van der Waals surface area contributed by atoms with Gasteiger partial charge in [0.15, 0.2) is 0 Å². The second kappa shape index (κ2) is 4.47. The first-order chi connectivity index (χ1) is 7.45. The quantitative estimate of drug-likeness (QED) is 0.747. The minimum absolute atomic E-state index is 0.00194. The summed E-state index contributed by atoms with van der Waals surface area (Å²) in [5.74, 6) is -5.30. The van der Waals surface area contributed by atoms with E-state index < -0.39 is 17.5 Å². The summed E-state index contributed by atoms with van der Waals surface area (Å²) < 4.78 is 36.2. The zero-order valence-electron chi connectivity index (χ0n) is 9.21. The minimum Gasteiger partial charge on any atom is -0.496 e. The molecule has 5 heteroatoms. The van der Waals surface area contributed by atoms with Gasteiger partial charge in [0.25, 0.3) is 0 Å². The Labute approximate surface area is 92.0 Å². The number of para-hydroxylation sites is 1. The Morgan fingerprint density at radius 1 is 1.31 bits per heavy atom. The van der Waals surface area contributed by atoms with Gasteiger partial charge in [0.2, 0.25) is 0 Å². The zero-order chi connectivity index (χ0) is 12.3. The van der Waals surface area contributed by atoms with Gasteiger partial charge in [-0.25, -0.2) is 4.79 Å². The number of benzene rings is 1. The van der Waals surface area contributed by atoms with Crippen LogP contribution < -0.4 is 4.74 Å². The molecule has 0 aliphatic rings. The van der Waals surface area contributed by atoms with Gasteiger partial charge in [0, 0.05) is 0 Å². The third kappa shape index (κ3) is 1.98. The first kappa shape index (κ1) is 12.4. The maximum absolute atomic E-state index is 13.6. The van der Waals surface area contributed by atoms with Crippen LogP contribution in [0.15, 0.2) is 18.2 Å². The third-order valence-electron chi connectivity index (χ3n) is 2.20. The van der Waals surface area contributed by atoms with Gasteiger partial charge in [-0.05, 0) is 18.6 Å². The fraction of sp³-hybridized carbons (Fsp3) is 0.364. The summed E-state index contributed by atoms with van der Waals surface area (Å²) >= 11 is 0. The summed E-state index contributed by atoms with van der Waals surface area (Å²) in [6.45, 7) is 1.62. The van der Waals surface area contributed by atoms with Gasteiger partial charge in [-0.1, -0.05) is 12.1 Å². The Morgan fingerprint density at radius 2 is 1.94 bits per heavy atom. The number of aryl methyl sites for hydroxylation is 1. The Hall–Kier alpha value is -1.65. The molecule has 0 aromatic heterocycles. The Balaban J connectivity index is 3.32. The molecule has 16 heavy (non-hydrogen) atoms. The lowest BCUT2D eigenvalue weighted by atomic mass is 10.0. The highest BCUT2D eigenvalue weighted by atomic mass is 19.3. The Morgan fingerprint density at radius 3 is 2.44 bits per heavy atom. The lowest BCUT2D eigenvalue weighted by Gasteiger charge is -2.18. The number of methoxy groups -OCH3 is 2. The van der Waals surface area contributed by atoms with Crippen LogP contribution >= 0.6 is 0 Å². The summed E-state index contributed by atoms with van der Waals surface area (Å²) in [6.07, 6.45) is 0. The fourth-order valence-corrected chi connectivity index (χ4v) is 1.41. The highest BCUT2D eigenvalue weighted by molar-refractivity contribution is 5.80. The molecule has 0 heterocycles. The molecule has 0 N–H and O–H groups in total. The van der Waals surface area contributed by atoms with Crippen molar-refractivity contribution in [2.24, 2.45) is 0 Å². The molecule has 0 unspecified atom stereocenters. The van der Waals surface area contributed by atoms with Crippen molar-refractivity contribution in [3.05, 3.63) is 29.3 Å². The van der Waals surface area contributed by atoms with Crippen molar-refractivity contribution >= 4 is 5.97 Å². The molecule has 1 aromatic rings. The number of carbonyl (C=O) groups is 1. The molecule has 1 rings (SSSR count). The maximum Gasteiger partial charge on any atom is 0.381 e. The van der Waals surface area contributed by atoms with Gasteiger partial charge >= 0.3 is 11.9 Å². The van der Waals surface area contributed by atoms with E-state index >= 15 is 0 Å². The predicted octanol–water partition coefficient (Wildman–Crippen LogP) is 2.27. The molecule has 1 aromatic carbocycles. The standard InChI is InChI=1S/C11H12F2O3/c1-7-5-4-6-8(9(7)15-2)11(12,13)10(14)16-3/h4-6H,1-3H3. The molecule has 0 radical (unpaired) electrons. The molecule has 0 saturated carbocycles. The smallest absolute Gasteiger partial charge is 0.381 e. The van der Waals surface area contributed by atoms with Gasteiger partial charge in [0.05, 0.1) is 19.8 Å². The molecule has 0 aliphatic heterocycles. The number of rotatable bonds is 3. The minimum atomic E-state index is -3.70. The third-order valence-corrected chi connectivity index (χ3v) is 2.20. The van der Waals surface area contributed by atoms with Crippen molar-refractivity contribution in [1.82, 2.24) is 0 Å². The van der Waals surface area contributed by atoms with E-state index in [0.29, 0.717) is 5.56 Å². The van der Waals surface area contributed by atoms with Gasteiger partial charge in [0.1, 0.15) is 5.75 Å². The van der Waals surface area contributed by atoms with E-state index in [0.717, 1.165) is 13.2 Å². The number of hydrogen-bond acceptors (Lipinski definition) is 3. The summed E-state index contributed by atoms with van der Waals surface area (Å²) in [4.78, 5) is 11.0. The molecule has 88 valence electrons. The first-order valence-corrected chi connectivity index (χ1v) is 4.55. The lowest BCUT2D eigenvalue weighted by Crippen LogP contribution is -2.28. The van der Waals surface area contributed by atoms with E-state index in [2.05, 4.69) is 4.74 Å². The van der Waals surface area contributed by atoms with Gasteiger partial charge in [-0.3, -0.25) is 0 Å². The van der Waals surface area contributed by atoms with E-state index in [1.807, 2.05) is 0 Å².